The molecule has 1 aromatic carbocycles. The van der Waals surface area contributed by atoms with E-state index in [0.717, 1.165) is 60.8 Å². The monoisotopic (exact) mass is 512 g/mol. The Morgan fingerprint density at radius 2 is 1.74 bits per heavy atom. The standard InChI is InChI=1S/C22H23F3N4O5S/c1-2-34-20(17-9-10-26-13-18(17)27-11-3-4-12-27)28-14-19(30)29(21(28)31)15-5-7-16(8-6-15)35(32,33)22(23,24)25/h5-10,13,20H,2-4,11-12,14H2,1H3. The number of hydrogen-bond acceptors (Lipinski definition) is 7. The number of carbonyl (C=O) groups excluding carboxylic acids is 2. The molecule has 0 bridgehead atoms. The largest absolute Gasteiger partial charge is 0.501 e. The van der Waals surface area contributed by atoms with Crippen molar-refractivity contribution in [3.8, 4) is 0 Å². The molecular weight excluding hydrogens is 489 g/mol. The summed E-state index contributed by atoms with van der Waals surface area (Å²) >= 11 is 0. The second kappa shape index (κ2) is 9.46. The fourth-order valence-electron chi connectivity index (χ4n) is 4.20. The van der Waals surface area contributed by atoms with E-state index in [4.69, 9.17) is 4.74 Å². The molecule has 9 nitrogen and oxygen atoms in total. The molecule has 0 spiro atoms. The van der Waals surface area contributed by atoms with Gasteiger partial charge in [0.2, 0.25) is 0 Å². The highest BCUT2D eigenvalue weighted by atomic mass is 32.2. The Balaban J connectivity index is 1.64. The number of ether oxygens (including phenoxy) is 1. The maximum absolute atomic E-state index is 13.3. The number of amides is 3. The first kappa shape index (κ1) is 24.9. The van der Waals surface area contributed by atoms with E-state index >= 15 is 0 Å². The minimum Gasteiger partial charge on any atom is -0.370 e. The maximum Gasteiger partial charge on any atom is 0.501 e. The van der Waals surface area contributed by atoms with Gasteiger partial charge in [0.15, 0.2) is 6.23 Å². The zero-order valence-electron chi connectivity index (χ0n) is 18.7. The molecule has 35 heavy (non-hydrogen) atoms. The Kier molecular flexibility index (Phi) is 6.73. The minimum atomic E-state index is -5.55. The minimum absolute atomic E-state index is 0.0478. The summed E-state index contributed by atoms with van der Waals surface area (Å²) in [6, 6.07) is 4.42. The number of aromatic nitrogens is 1. The lowest BCUT2D eigenvalue weighted by atomic mass is 10.1. The van der Waals surface area contributed by atoms with Gasteiger partial charge in [0.25, 0.3) is 15.7 Å². The molecule has 4 rings (SSSR count). The van der Waals surface area contributed by atoms with Crippen LogP contribution < -0.4 is 9.80 Å². The smallest absolute Gasteiger partial charge is 0.370 e. The SMILES string of the molecule is CCOC(c1ccncc1N1CCCC1)N1CC(=O)N(c2ccc(S(=O)(=O)C(F)(F)F)cc2)C1=O. The van der Waals surface area contributed by atoms with Crippen LogP contribution in [0, 0.1) is 0 Å². The van der Waals surface area contributed by atoms with Crippen molar-refractivity contribution in [2.45, 2.75) is 36.4 Å². The fraction of sp³-hybridized carbons (Fsp3) is 0.409. The number of anilines is 2. The fourth-order valence-corrected chi connectivity index (χ4v) is 4.96. The van der Waals surface area contributed by atoms with Gasteiger partial charge in [-0.25, -0.2) is 18.1 Å². The summed E-state index contributed by atoms with van der Waals surface area (Å²) in [6.07, 6.45) is 4.39. The zero-order chi connectivity index (χ0) is 25.4. The van der Waals surface area contributed by atoms with E-state index in [9.17, 15) is 31.2 Å². The van der Waals surface area contributed by atoms with Gasteiger partial charge in [-0.2, -0.15) is 13.2 Å². The number of urea groups is 1. The number of hydrogen-bond donors (Lipinski definition) is 0. The summed E-state index contributed by atoms with van der Waals surface area (Å²) < 4.78 is 67.6. The molecule has 2 aromatic rings. The van der Waals surface area contributed by atoms with Crippen LogP contribution in [0.1, 0.15) is 31.6 Å². The molecule has 2 saturated heterocycles. The van der Waals surface area contributed by atoms with E-state index in [2.05, 4.69) is 9.88 Å². The van der Waals surface area contributed by atoms with E-state index in [1.807, 2.05) is 0 Å². The molecular formula is C22H23F3N4O5S. The molecule has 1 aromatic heterocycles. The molecule has 13 heteroatoms. The van der Waals surface area contributed by atoms with Crippen molar-refractivity contribution in [2.24, 2.45) is 0 Å². The van der Waals surface area contributed by atoms with Gasteiger partial charge in [-0.15, -0.1) is 0 Å². The van der Waals surface area contributed by atoms with Crippen LogP contribution in [0.25, 0.3) is 0 Å². The van der Waals surface area contributed by atoms with Crippen molar-refractivity contribution in [3.63, 3.8) is 0 Å². The third-order valence-electron chi connectivity index (χ3n) is 5.86. The van der Waals surface area contributed by atoms with Crippen molar-refractivity contribution in [1.82, 2.24) is 9.88 Å². The van der Waals surface area contributed by atoms with Crippen molar-refractivity contribution in [3.05, 3.63) is 48.3 Å². The molecule has 1 unspecified atom stereocenters. The number of alkyl halides is 3. The number of pyridine rings is 1. The van der Waals surface area contributed by atoms with Crippen LogP contribution >= 0.6 is 0 Å². The van der Waals surface area contributed by atoms with Crippen molar-refractivity contribution < 1.29 is 35.9 Å². The molecule has 0 saturated carbocycles. The molecule has 2 aliphatic rings. The topological polar surface area (TPSA) is 100 Å². The molecule has 1 atom stereocenters. The normalized spacial score (nSPS) is 18.0. The number of benzene rings is 1. The molecule has 0 radical (unpaired) electrons. The molecule has 2 aliphatic heterocycles. The van der Waals surface area contributed by atoms with E-state index < -0.39 is 38.4 Å². The van der Waals surface area contributed by atoms with E-state index in [0.29, 0.717) is 5.56 Å². The molecule has 2 fully saturated rings. The average molecular weight is 513 g/mol. The second-order valence-electron chi connectivity index (χ2n) is 8.02. The van der Waals surface area contributed by atoms with E-state index in [1.165, 1.54) is 4.90 Å². The molecule has 3 heterocycles. The van der Waals surface area contributed by atoms with E-state index in [1.54, 1.807) is 25.4 Å². The summed E-state index contributed by atoms with van der Waals surface area (Å²) in [6.45, 7) is 3.32. The summed E-state index contributed by atoms with van der Waals surface area (Å²) in [7, 11) is -5.55. The summed E-state index contributed by atoms with van der Waals surface area (Å²) in [4.78, 5) is 33.5. The lowest BCUT2D eigenvalue weighted by molar-refractivity contribution is -0.118. The summed E-state index contributed by atoms with van der Waals surface area (Å²) in [5, 5.41) is 0. The van der Waals surface area contributed by atoms with Gasteiger partial charge in [0.05, 0.1) is 22.5 Å². The third-order valence-corrected chi connectivity index (χ3v) is 7.36. The van der Waals surface area contributed by atoms with Crippen LogP contribution in [0.4, 0.5) is 29.3 Å². The van der Waals surface area contributed by atoms with Crippen LogP contribution in [0.5, 0.6) is 0 Å². The van der Waals surface area contributed by atoms with Gasteiger partial charge in [-0.05, 0) is 50.1 Å². The number of sulfone groups is 1. The number of imide groups is 1. The lowest BCUT2D eigenvalue weighted by Gasteiger charge is -2.30. The van der Waals surface area contributed by atoms with Crippen LogP contribution in [0.2, 0.25) is 0 Å². The van der Waals surface area contributed by atoms with Gasteiger partial charge in [0.1, 0.15) is 6.54 Å². The number of nitrogens with zero attached hydrogens (tertiary/aromatic N) is 4. The Bertz CT molecular complexity index is 1210. The maximum atomic E-state index is 13.3. The number of rotatable bonds is 7. The highest BCUT2D eigenvalue weighted by Gasteiger charge is 2.47. The molecule has 3 amide bonds. The second-order valence-corrected chi connectivity index (χ2v) is 9.96. The van der Waals surface area contributed by atoms with Crippen molar-refractivity contribution >= 4 is 33.2 Å². The van der Waals surface area contributed by atoms with Crippen LogP contribution in [-0.2, 0) is 19.4 Å². The predicted molar refractivity (Wildman–Crippen MR) is 119 cm³/mol. The van der Waals surface area contributed by atoms with Crippen LogP contribution in [0.3, 0.4) is 0 Å². The Morgan fingerprint density at radius 3 is 2.34 bits per heavy atom. The molecule has 188 valence electrons. The van der Waals surface area contributed by atoms with Crippen molar-refractivity contribution in [1.29, 1.82) is 0 Å². The van der Waals surface area contributed by atoms with E-state index in [-0.39, 0.29) is 18.8 Å². The van der Waals surface area contributed by atoms with Crippen LogP contribution in [-0.4, -0.2) is 62.0 Å². The number of halogens is 3. The first-order chi connectivity index (χ1) is 16.6. The van der Waals surface area contributed by atoms with Crippen LogP contribution in [0.15, 0.2) is 47.6 Å². The first-order valence-corrected chi connectivity index (χ1v) is 12.4. The van der Waals surface area contributed by atoms with Crippen molar-refractivity contribution in [2.75, 3.05) is 36.0 Å². The lowest BCUT2D eigenvalue weighted by Crippen LogP contribution is -2.37. The molecule has 0 aliphatic carbocycles. The first-order valence-electron chi connectivity index (χ1n) is 10.9. The van der Waals surface area contributed by atoms with Gasteiger partial charge < -0.3 is 9.64 Å². The highest BCUT2D eigenvalue weighted by Crippen LogP contribution is 2.36. The Morgan fingerprint density at radius 1 is 1.09 bits per heavy atom. The van der Waals surface area contributed by atoms with Gasteiger partial charge in [-0.1, -0.05) is 0 Å². The Labute approximate surface area is 200 Å². The highest BCUT2D eigenvalue weighted by molar-refractivity contribution is 7.92. The van der Waals surface area contributed by atoms with Gasteiger partial charge >= 0.3 is 11.5 Å². The number of carbonyl (C=O) groups is 2. The average Bonchev–Trinajstić information content (AvgIpc) is 3.45. The Hall–Kier alpha value is -3.19. The summed E-state index contributed by atoms with van der Waals surface area (Å²) in [5.74, 6) is -0.622. The quantitative estimate of drug-likeness (QED) is 0.524. The predicted octanol–water partition coefficient (Wildman–Crippen LogP) is 3.48. The van der Waals surface area contributed by atoms with Gasteiger partial charge in [0, 0.05) is 31.5 Å². The zero-order valence-corrected chi connectivity index (χ0v) is 19.6. The van der Waals surface area contributed by atoms with Gasteiger partial charge in [-0.3, -0.25) is 14.7 Å². The third kappa shape index (κ3) is 4.57. The summed E-state index contributed by atoms with van der Waals surface area (Å²) in [5.41, 5.74) is -4.05. The molecule has 0 N–H and O–H groups in total.